The van der Waals surface area contributed by atoms with Crippen molar-refractivity contribution in [1.82, 2.24) is 20.0 Å². The number of hydrogen-bond acceptors (Lipinski definition) is 7. The molecule has 2 saturated heterocycles. The number of nitrogens with zero attached hydrogens (tertiary/aromatic N) is 4. The van der Waals surface area contributed by atoms with E-state index in [0.717, 1.165) is 12.1 Å². The molecule has 0 radical (unpaired) electrons. The van der Waals surface area contributed by atoms with Crippen molar-refractivity contribution in [3.8, 4) is 0 Å². The minimum Gasteiger partial charge on any atom is -0.400 e. The van der Waals surface area contributed by atoms with Gasteiger partial charge in [-0.3, -0.25) is 24.2 Å². The molecule has 2 aliphatic heterocycles. The SMILES string of the molecule is C=C(CN1CCOCC1)C(=O)N(C)C/C(N)=C1/C(=Nc2ccccc2)N(CC)C(=O)C(NC(=O)c2cccc(C(F)(F)F)c2)C1c1ccc(F)cc1. The van der Waals surface area contributed by atoms with Crippen LogP contribution in [0, 0.1) is 5.82 Å². The van der Waals surface area contributed by atoms with Gasteiger partial charge in [-0.15, -0.1) is 0 Å². The number of carbonyl (C=O) groups is 3. The summed E-state index contributed by atoms with van der Waals surface area (Å²) in [6.45, 7) is 8.32. The van der Waals surface area contributed by atoms with E-state index in [2.05, 4.69) is 16.8 Å². The summed E-state index contributed by atoms with van der Waals surface area (Å²) in [7, 11) is 1.56. The van der Waals surface area contributed by atoms with Crippen molar-refractivity contribution in [2.45, 2.75) is 25.1 Å². The number of likely N-dealkylation sites (N-methyl/N-ethyl adjacent to an activating group) is 2. The van der Waals surface area contributed by atoms with E-state index in [-0.39, 0.29) is 41.7 Å². The Balaban J connectivity index is 1.61. The van der Waals surface area contributed by atoms with Gasteiger partial charge in [-0.1, -0.05) is 43.0 Å². The minimum atomic E-state index is -4.71. The van der Waals surface area contributed by atoms with E-state index in [0.29, 0.717) is 55.7 Å². The molecule has 2 heterocycles. The van der Waals surface area contributed by atoms with Crippen LogP contribution in [0.15, 0.2) is 107 Å². The maximum Gasteiger partial charge on any atom is 0.416 e. The first kappa shape index (κ1) is 37.9. The number of nitrogens with two attached hydrogens (primary N) is 1. The first-order valence-corrected chi connectivity index (χ1v) is 16.7. The Hall–Kier alpha value is -5.34. The van der Waals surface area contributed by atoms with Gasteiger partial charge in [-0.05, 0) is 55.0 Å². The number of likely N-dealkylation sites (tertiary alicyclic amines) is 1. The highest BCUT2D eigenvalue weighted by molar-refractivity contribution is 6.16. The monoisotopic (exact) mass is 720 g/mol. The predicted molar refractivity (Wildman–Crippen MR) is 188 cm³/mol. The van der Waals surface area contributed by atoms with Gasteiger partial charge in [0.05, 0.1) is 31.0 Å². The van der Waals surface area contributed by atoms with Crippen LogP contribution in [-0.4, -0.2) is 97.3 Å². The van der Waals surface area contributed by atoms with Crippen LogP contribution < -0.4 is 11.1 Å². The van der Waals surface area contributed by atoms with Gasteiger partial charge in [-0.2, -0.15) is 13.2 Å². The largest absolute Gasteiger partial charge is 0.416 e. The maximum absolute atomic E-state index is 14.4. The molecule has 3 N–H and O–H groups in total. The summed E-state index contributed by atoms with van der Waals surface area (Å²) in [5.74, 6) is -3.46. The van der Waals surface area contributed by atoms with Gasteiger partial charge in [0.15, 0.2) is 0 Å². The highest BCUT2D eigenvalue weighted by atomic mass is 19.4. The van der Waals surface area contributed by atoms with Gasteiger partial charge >= 0.3 is 6.18 Å². The molecule has 2 fully saturated rings. The third-order valence-corrected chi connectivity index (χ3v) is 8.87. The third-order valence-electron chi connectivity index (χ3n) is 8.87. The van der Waals surface area contributed by atoms with Crippen molar-refractivity contribution < 1.29 is 36.7 Å². The topological polar surface area (TPSA) is 121 Å². The molecule has 3 amide bonds. The number of rotatable bonds is 10. The lowest BCUT2D eigenvalue weighted by atomic mass is 9.78. The molecule has 14 heteroatoms. The third kappa shape index (κ3) is 8.75. The molecule has 2 aliphatic rings. The van der Waals surface area contributed by atoms with Gasteiger partial charge in [-0.25, -0.2) is 9.38 Å². The first-order chi connectivity index (χ1) is 24.8. The Labute approximate surface area is 299 Å². The number of piperidine rings is 1. The quantitative estimate of drug-likeness (QED) is 0.228. The minimum absolute atomic E-state index is 0.0679. The van der Waals surface area contributed by atoms with Crippen LogP contribution in [0.1, 0.15) is 34.3 Å². The predicted octanol–water partition coefficient (Wildman–Crippen LogP) is 4.88. The summed E-state index contributed by atoms with van der Waals surface area (Å²) in [6.07, 6.45) is -4.71. The Morgan fingerprint density at radius 2 is 1.71 bits per heavy atom. The molecule has 5 rings (SSSR count). The summed E-state index contributed by atoms with van der Waals surface area (Å²) in [5, 5.41) is 2.65. The molecular weight excluding hydrogens is 680 g/mol. The molecule has 3 aromatic carbocycles. The fraction of sp³-hybridized carbons (Fsp3) is 0.316. The molecule has 0 aromatic heterocycles. The van der Waals surface area contributed by atoms with Crippen molar-refractivity contribution >= 4 is 29.2 Å². The molecule has 274 valence electrons. The summed E-state index contributed by atoms with van der Waals surface area (Å²) in [5.41, 5.74) is 7.10. The zero-order valence-electron chi connectivity index (χ0n) is 28.8. The molecule has 3 aromatic rings. The number of halogens is 4. The highest BCUT2D eigenvalue weighted by Gasteiger charge is 2.46. The van der Waals surface area contributed by atoms with E-state index >= 15 is 0 Å². The number of hydrogen-bond donors (Lipinski definition) is 2. The average molecular weight is 721 g/mol. The van der Waals surface area contributed by atoms with Gasteiger partial charge < -0.3 is 20.7 Å². The lowest BCUT2D eigenvalue weighted by Crippen LogP contribution is -2.59. The van der Waals surface area contributed by atoms with E-state index in [9.17, 15) is 31.9 Å². The summed E-state index contributed by atoms with van der Waals surface area (Å²) in [6, 6.07) is 16.4. The molecule has 0 spiro atoms. The van der Waals surface area contributed by atoms with Crippen LogP contribution >= 0.6 is 0 Å². The normalized spacial score (nSPS) is 20.1. The zero-order chi connectivity index (χ0) is 37.6. The van der Waals surface area contributed by atoms with Crippen LogP contribution in [0.4, 0.5) is 23.2 Å². The second kappa shape index (κ2) is 16.3. The lowest BCUT2D eigenvalue weighted by Gasteiger charge is -2.41. The second-order valence-electron chi connectivity index (χ2n) is 12.5. The molecule has 0 aliphatic carbocycles. The Morgan fingerprint density at radius 1 is 1.04 bits per heavy atom. The standard InChI is InChI=1S/C38H40F4N6O4/c1-4-48-34(44-29-11-6-5-7-12-29)32(30(43)23-46(3)36(50)24(2)22-47-17-19-52-20-18-47)31(25-13-15-28(39)16-14-25)33(37(48)51)45-35(49)26-9-8-10-27(21-26)38(40,41)42/h5-16,21,31,33H,2,4,17-20,22-23,43H2,1,3H3,(H,45,49)/b32-30-,44-34?. The summed E-state index contributed by atoms with van der Waals surface area (Å²) < 4.78 is 60.3. The van der Waals surface area contributed by atoms with E-state index in [4.69, 9.17) is 15.5 Å². The molecule has 0 saturated carbocycles. The number of para-hydroxylation sites is 1. The lowest BCUT2D eigenvalue weighted by molar-refractivity contribution is -0.137. The summed E-state index contributed by atoms with van der Waals surface area (Å²) >= 11 is 0. The molecule has 52 heavy (non-hydrogen) atoms. The number of amidine groups is 1. The van der Waals surface area contributed by atoms with Crippen molar-refractivity contribution in [3.63, 3.8) is 0 Å². The molecule has 2 atom stereocenters. The van der Waals surface area contributed by atoms with Crippen molar-refractivity contribution in [1.29, 1.82) is 0 Å². The van der Waals surface area contributed by atoms with Crippen LogP contribution in [0.3, 0.4) is 0 Å². The number of morpholine rings is 1. The molecular formula is C38H40F4N6O4. The Kier molecular flexibility index (Phi) is 11.9. The Morgan fingerprint density at radius 3 is 2.35 bits per heavy atom. The number of aliphatic imine (C=N–C) groups is 1. The van der Waals surface area contributed by atoms with E-state index < -0.39 is 41.3 Å². The molecule has 10 nitrogen and oxygen atoms in total. The maximum atomic E-state index is 14.4. The van der Waals surface area contributed by atoms with Crippen LogP contribution in [0.5, 0.6) is 0 Å². The molecule has 0 bridgehead atoms. The number of alkyl halides is 3. The van der Waals surface area contributed by atoms with Crippen molar-refractivity contribution in [3.05, 3.63) is 125 Å². The number of ether oxygens (including phenoxy) is 1. The van der Waals surface area contributed by atoms with Gasteiger partial charge in [0.1, 0.15) is 17.7 Å². The molecule has 2 unspecified atom stereocenters. The van der Waals surface area contributed by atoms with E-state index in [1.807, 2.05) is 0 Å². The second-order valence-corrected chi connectivity index (χ2v) is 12.5. The fourth-order valence-corrected chi connectivity index (χ4v) is 6.28. The van der Waals surface area contributed by atoms with Crippen LogP contribution in [0.2, 0.25) is 0 Å². The average Bonchev–Trinajstić information content (AvgIpc) is 3.13. The summed E-state index contributed by atoms with van der Waals surface area (Å²) in [4.78, 5) is 51.2. The number of benzene rings is 3. The zero-order valence-corrected chi connectivity index (χ0v) is 28.8. The van der Waals surface area contributed by atoms with Gasteiger partial charge in [0.25, 0.3) is 17.7 Å². The fourth-order valence-electron chi connectivity index (χ4n) is 6.28. The Bertz CT molecular complexity index is 1860. The van der Waals surface area contributed by atoms with Gasteiger partial charge in [0, 0.05) is 61.6 Å². The van der Waals surface area contributed by atoms with Gasteiger partial charge in [0.2, 0.25) is 0 Å². The number of nitrogens with one attached hydrogen (secondary N) is 1. The van der Waals surface area contributed by atoms with E-state index in [1.54, 1.807) is 44.3 Å². The van der Waals surface area contributed by atoms with Crippen molar-refractivity contribution in [2.24, 2.45) is 10.7 Å². The number of amides is 3. The first-order valence-electron chi connectivity index (χ1n) is 16.7. The van der Waals surface area contributed by atoms with Crippen molar-refractivity contribution in [2.75, 3.05) is 53.0 Å². The van der Waals surface area contributed by atoms with E-state index in [1.165, 1.54) is 40.1 Å². The highest BCUT2D eigenvalue weighted by Crippen LogP contribution is 2.38. The van der Waals surface area contributed by atoms with Crippen LogP contribution in [-0.2, 0) is 20.5 Å². The van der Waals surface area contributed by atoms with Crippen LogP contribution in [0.25, 0.3) is 0 Å². The smallest absolute Gasteiger partial charge is 0.400 e. The number of carbonyl (C=O) groups excluding carboxylic acids is 3.